The van der Waals surface area contributed by atoms with Gasteiger partial charge in [0, 0.05) is 28.9 Å². The van der Waals surface area contributed by atoms with E-state index in [9.17, 15) is 4.79 Å². The van der Waals surface area contributed by atoms with E-state index in [1.54, 1.807) is 0 Å². The van der Waals surface area contributed by atoms with Gasteiger partial charge in [0.05, 0.1) is 5.69 Å². The van der Waals surface area contributed by atoms with Crippen LogP contribution in [0.5, 0.6) is 0 Å². The first-order valence-electron chi connectivity index (χ1n) is 6.69. The first-order chi connectivity index (χ1) is 9.72. The Kier molecular flexibility index (Phi) is 2.54. The molecule has 1 aliphatic carbocycles. The van der Waals surface area contributed by atoms with Crippen molar-refractivity contribution in [2.45, 2.75) is 25.8 Å². The average Bonchev–Trinajstić information content (AvgIpc) is 3.05. The Labute approximate surface area is 121 Å². The molecule has 0 atom stereocenters. The van der Waals surface area contributed by atoms with Crippen molar-refractivity contribution in [1.29, 1.82) is 0 Å². The number of benzene rings is 1. The van der Waals surface area contributed by atoms with Crippen molar-refractivity contribution in [3.63, 3.8) is 0 Å². The zero-order chi connectivity index (χ0) is 13.7. The molecule has 4 rings (SSSR count). The van der Waals surface area contributed by atoms with Crippen molar-refractivity contribution in [1.82, 2.24) is 15.3 Å². The predicted molar refractivity (Wildman–Crippen MR) is 75.7 cm³/mol. The molecule has 4 nitrogen and oxygen atoms in total. The topological polar surface area (TPSA) is 54.9 Å². The monoisotopic (exact) mass is 285 g/mol. The van der Waals surface area contributed by atoms with E-state index in [0.29, 0.717) is 6.54 Å². The van der Waals surface area contributed by atoms with Crippen LogP contribution in [0.3, 0.4) is 0 Å². The number of carbonyl (C=O) groups excluding carboxylic acids is 1. The standard InChI is InChI=1S/C15H12ClN3O/c16-15-18-12-3-1-2-10(12)13(19-15)8-4-5-9-7-17-14(20)11(9)6-8/h4-6H,1-3,7H2,(H,17,20). The summed E-state index contributed by atoms with van der Waals surface area (Å²) in [5, 5.41) is 3.11. The number of rotatable bonds is 1. The summed E-state index contributed by atoms with van der Waals surface area (Å²) in [6, 6.07) is 5.91. The SMILES string of the molecule is O=C1NCc2ccc(-c3nc(Cl)nc4c3CCC4)cc21. The number of nitrogens with one attached hydrogen (secondary N) is 1. The molecule has 2 heterocycles. The Balaban J connectivity index is 1.90. The van der Waals surface area contributed by atoms with Crippen LogP contribution < -0.4 is 5.32 Å². The summed E-state index contributed by atoms with van der Waals surface area (Å²) in [6.07, 6.45) is 3.02. The molecule has 0 bridgehead atoms. The fourth-order valence-corrected chi connectivity index (χ4v) is 3.19. The number of fused-ring (bicyclic) bond motifs is 2. The summed E-state index contributed by atoms with van der Waals surface area (Å²) in [7, 11) is 0. The van der Waals surface area contributed by atoms with Gasteiger partial charge in [0.1, 0.15) is 0 Å². The lowest BCUT2D eigenvalue weighted by atomic mass is 10.0. The number of nitrogens with zero attached hydrogens (tertiary/aromatic N) is 2. The molecule has 2 aromatic rings. The normalized spacial score (nSPS) is 15.9. The maximum absolute atomic E-state index is 11.8. The van der Waals surface area contributed by atoms with Crippen LogP contribution >= 0.6 is 11.6 Å². The summed E-state index contributed by atoms with van der Waals surface area (Å²) < 4.78 is 0. The first-order valence-corrected chi connectivity index (χ1v) is 7.07. The largest absolute Gasteiger partial charge is 0.348 e. The second kappa shape index (κ2) is 4.28. The van der Waals surface area contributed by atoms with Crippen molar-refractivity contribution < 1.29 is 4.79 Å². The smallest absolute Gasteiger partial charge is 0.251 e. The quantitative estimate of drug-likeness (QED) is 0.819. The van der Waals surface area contributed by atoms with Crippen molar-refractivity contribution >= 4 is 17.5 Å². The van der Waals surface area contributed by atoms with Crippen molar-refractivity contribution in [2.24, 2.45) is 0 Å². The van der Waals surface area contributed by atoms with E-state index in [4.69, 9.17) is 11.6 Å². The van der Waals surface area contributed by atoms with Crippen LogP contribution in [0.25, 0.3) is 11.3 Å². The van der Waals surface area contributed by atoms with Gasteiger partial charge in [-0.15, -0.1) is 0 Å². The Morgan fingerprint density at radius 2 is 2.10 bits per heavy atom. The van der Waals surface area contributed by atoms with E-state index in [1.165, 1.54) is 5.56 Å². The molecule has 5 heteroatoms. The predicted octanol–water partition coefficient (Wildman–Crippen LogP) is 2.53. The highest BCUT2D eigenvalue weighted by Gasteiger charge is 2.23. The molecule has 0 radical (unpaired) electrons. The zero-order valence-corrected chi connectivity index (χ0v) is 11.5. The van der Waals surface area contributed by atoms with Crippen molar-refractivity contribution in [3.8, 4) is 11.3 Å². The highest BCUT2D eigenvalue weighted by Crippen LogP contribution is 2.32. The third-order valence-corrected chi connectivity index (χ3v) is 4.14. The molecule has 0 spiro atoms. The molecule has 0 unspecified atom stereocenters. The van der Waals surface area contributed by atoms with Gasteiger partial charge in [-0.2, -0.15) is 0 Å². The van der Waals surface area contributed by atoms with E-state index in [2.05, 4.69) is 15.3 Å². The summed E-state index contributed by atoms with van der Waals surface area (Å²) >= 11 is 6.02. The maximum Gasteiger partial charge on any atom is 0.251 e. The molecule has 1 aliphatic heterocycles. The molecule has 0 fully saturated rings. The molecule has 1 aromatic heterocycles. The zero-order valence-electron chi connectivity index (χ0n) is 10.7. The number of halogens is 1. The molecule has 1 N–H and O–H groups in total. The van der Waals surface area contributed by atoms with Crippen molar-refractivity contribution in [3.05, 3.63) is 45.9 Å². The average molecular weight is 286 g/mol. The second-order valence-electron chi connectivity index (χ2n) is 5.17. The number of hydrogen-bond acceptors (Lipinski definition) is 3. The van der Waals surface area contributed by atoms with Gasteiger partial charge in [0.2, 0.25) is 5.28 Å². The van der Waals surface area contributed by atoms with Gasteiger partial charge < -0.3 is 5.32 Å². The van der Waals surface area contributed by atoms with Crippen LogP contribution in [0.4, 0.5) is 0 Å². The summed E-state index contributed by atoms with van der Waals surface area (Å²) in [4.78, 5) is 20.5. The molecule has 0 saturated heterocycles. The number of aryl methyl sites for hydroxylation is 1. The van der Waals surface area contributed by atoms with E-state index in [0.717, 1.165) is 47.3 Å². The minimum Gasteiger partial charge on any atom is -0.348 e. The molecule has 20 heavy (non-hydrogen) atoms. The summed E-state index contributed by atoms with van der Waals surface area (Å²) in [5.74, 6) is -0.0151. The summed E-state index contributed by atoms with van der Waals surface area (Å²) in [6.45, 7) is 0.608. The van der Waals surface area contributed by atoms with Crippen molar-refractivity contribution in [2.75, 3.05) is 0 Å². The first kappa shape index (κ1) is 11.9. The van der Waals surface area contributed by atoms with Crippen LogP contribution in [-0.4, -0.2) is 15.9 Å². The number of carbonyl (C=O) groups is 1. The highest BCUT2D eigenvalue weighted by atomic mass is 35.5. The van der Waals surface area contributed by atoms with Gasteiger partial charge in [0.25, 0.3) is 5.91 Å². The lowest BCUT2D eigenvalue weighted by molar-refractivity contribution is 0.0966. The molecular formula is C15H12ClN3O. The van der Waals surface area contributed by atoms with Gasteiger partial charge in [0.15, 0.2) is 0 Å². The van der Waals surface area contributed by atoms with Gasteiger partial charge in [-0.1, -0.05) is 12.1 Å². The highest BCUT2D eigenvalue weighted by molar-refractivity contribution is 6.28. The minimum atomic E-state index is -0.0151. The van der Waals surface area contributed by atoms with E-state index in [1.807, 2.05) is 18.2 Å². The lowest BCUT2D eigenvalue weighted by Crippen LogP contribution is -2.12. The number of aromatic nitrogens is 2. The van der Waals surface area contributed by atoms with Gasteiger partial charge in [-0.3, -0.25) is 4.79 Å². The fourth-order valence-electron chi connectivity index (χ4n) is 3.00. The fraction of sp³-hybridized carbons (Fsp3) is 0.267. The second-order valence-corrected chi connectivity index (χ2v) is 5.51. The number of amides is 1. The molecule has 1 aromatic carbocycles. The van der Waals surface area contributed by atoms with Crippen LogP contribution in [-0.2, 0) is 19.4 Å². The van der Waals surface area contributed by atoms with Crippen LogP contribution in [0.2, 0.25) is 5.28 Å². The minimum absolute atomic E-state index is 0.0151. The molecular weight excluding hydrogens is 274 g/mol. The van der Waals surface area contributed by atoms with E-state index in [-0.39, 0.29) is 11.2 Å². The Morgan fingerprint density at radius 1 is 1.20 bits per heavy atom. The van der Waals surface area contributed by atoms with E-state index >= 15 is 0 Å². The molecule has 1 amide bonds. The van der Waals surface area contributed by atoms with Gasteiger partial charge in [-0.05, 0) is 42.5 Å². The molecule has 2 aliphatic rings. The third-order valence-electron chi connectivity index (χ3n) is 3.97. The Bertz CT molecular complexity index is 742. The van der Waals surface area contributed by atoms with Gasteiger partial charge in [-0.25, -0.2) is 9.97 Å². The lowest BCUT2D eigenvalue weighted by Gasteiger charge is -2.09. The molecule has 0 saturated carbocycles. The Hall–Kier alpha value is -1.94. The van der Waals surface area contributed by atoms with Gasteiger partial charge >= 0.3 is 0 Å². The Morgan fingerprint density at radius 3 is 3.00 bits per heavy atom. The number of hydrogen-bond donors (Lipinski definition) is 1. The van der Waals surface area contributed by atoms with E-state index < -0.39 is 0 Å². The van der Waals surface area contributed by atoms with Crippen LogP contribution in [0.1, 0.15) is 33.6 Å². The van der Waals surface area contributed by atoms with Crippen LogP contribution in [0.15, 0.2) is 18.2 Å². The third kappa shape index (κ3) is 1.72. The summed E-state index contributed by atoms with van der Waals surface area (Å²) in [5.41, 5.74) is 5.82. The maximum atomic E-state index is 11.8. The molecule has 100 valence electrons. The van der Waals surface area contributed by atoms with Crippen LogP contribution in [0, 0.1) is 0 Å².